The van der Waals surface area contributed by atoms with Crippen molar-refractivity contribution in [2.75, 3.05) is 0 Å². The third-order valence-electron chi connectivity index (χ3n) is 3.46. The van der Waals surface area contributed by atoms with Crippen LogP contribution < -0.4 is 5.32 Å². The second-order valence-corrected chi connectivity index (χ2v) is 4.72. The van der Waals surface area contributed by atoms with Crippen molar-refractivity contribution in [1.82, 2.24) is 10.5 Å². The van der Waals surface area contributed by atoms with Gasteiger partial charge in [0.25, 0.3) is 0 Å². The number of hydrogen-bond donors (Lipinski definition) is 2. The number of aliphatic carboxylic acids is 1. The average Bonchev–Trinajstić information content (AvgIpc) is 2.97. The van der Waals surface area contributed by atoms with Crippen molar-refractivity contribution >= 4 is 11.9 Å². The average molecular weight is 252 g/mol. The van der Waals surface area contributed by atoms with Crippen molar-refractivity contribution in [3.05, 3.63) is 18.0 Å². The van der Waals surface area contributed by atoms with Gasteiger partial charge in [-0.05, 0) is 12.8 Å². The van der Waals surface area contributed by atoms with Crippen molar-refractivity contribution in [3.8, 4) is 0 Å². The minimum atomic E-state index is -0.870. The number of nitrogens with zero attached hydrogens (tertiary/aromatic N) is 1. The highest BCUT2D eigenvalue weighted by Crippen LogP contribution is 2.41. The van der Waals surface area contributed by atoms with Crippen LogP contribution in [0.2, 0.25) is 0 Å². The van der Waals surface area contributed by atoms with Crippen molar-refractivity contribution in [3.63, 3.8) is 0 Å². The number of carbonyl (C=O) groups excluding carboxylic acids is 1. The van der Waals surface area contributed by atoms with Crippen LogP contribution in [0.1, 0.15) is 37.9 Å². The van der Waals surface area contributed by atoms with E-state index in [0.717, 1.165) is 12.8 Å². The maximum atomic E-state index is 11.8. The molecule has 0 spiro atoms. The number of nitrogens with one attached hydrogen (secondary N) is 1. The van der Waals surface area contributed by atoms with Crippen LogP contribution in [0.5, 0.6) is 0 Å². The minimum absolute atomic E-state index is 0.0382. The lowest BCUT2D eigenvalue weighted by Gasteiger charge is -2.22. The van der Waals surface area contributed by atoms with Crippen molar-refractivity contribution in [2.45, 2.75) is 38.6 Å². The third kappa shape index (κ3) is 2.69. The van der Waals surface area contributed by atoms with Crippen LogP contribution >= 0.6 is 0 Å². The molecule has 6 nitrogen and oxygen atoms in total. The predicted octanol–water partition coefficient (Wildman–Crippen LogP) is 1.33. The van der Waals surface area contributed by atoms with Gasteiger partial charge in [0.1, 0.15) is 0 Å². The van der Waals surface area contributed by atoms with Gasteiger partial charge in [0, 0.05) is 12.5 Å². The highest BCUT2D eigenvalue weighted by Gasteiger charge is 2.42. The van der Waals surface area contributed by atoms with E-state index in [0.29, 0.717) is 18.6 Å². The van der Waals surface area contributed by atoms with Gasteiger partial charge in [-0.1, -0.05) is 18.0 Å². The fourth-order valence-corrected chi connectivity index (χ4v) is 2.41. The van der Waals surface area contributed by atoms with Crippen molar-refractivity contribution < 1.29 is 19.2 Å². The minimum Gasteiger partial charge on any atom is -0.481 e. The molecule has 0 atom stereocenters. The molecule has 1 aromatic heterocycles. The van der Waals surface area contributed by atoms with Gasteiger partial charge in [-0.2, -0.15) is 0 Å². The first-order chi connectivity index (χ1) is 8.62. The van der Waals surface area contributed by atoms with Crippen LogP contribution in [0.3, 0.4) is 0 Å². The lowest BCUT2D eigenvalue weighted by atomic mass is 9.82. The molecule has 6 heteroatoms. The molecule has 18 heavy (non-hydrogen) atoms. The maximum Gasteiger partial charge on any atom is 0.310 e. The van der Waals surface area contributed by atoms with Crippen LogP contribution in [-0.4, -0.2) is 22.1 Å². The summed E-state index contributed by atoms with van der Waals surface area (Å²) in [5.74, 6) is -0.565. The van der Waals surface area contributed by atoms with Gasteiger partial charge in [-0.25, -0.2) is 0 Å². The molecule has 0 radical (unpaired) electrons. The standard InChI is InChI=1S/C12H16N2O4/c15-10(13-8-9-3-6-14-18-9)7-12(11(16)17)4-1-2-5-12/h3,6H,1-2,4-5,7-8H2,(H,13,15)(H,16,17). The van der Waals surface area contributed by atoms with Gasteiger partial charge in [0.05, 0.1) is 18.2 Å². The smallest absolute Gasteiger partial charge is 0.310 e. The largest absolute Gasteiger partial charge is 0.481 e. The van der Waals surface area contributed by atoms with E-state index in [4.69, 9.17) is 4.52 Å². The monoisotopic (exact) mass is 252 g/mol. The molecule has 1 saturated carbocycles. The molecule has 1 aliphatic rings. The molecule has 0 aliphatic heterocycles. The summed E-state index contributed by atoms with van der Waals surface area (Å²) in [6.07, 6.45) is 4.45. The van der Waals surface area contributed by atoms with Gasteiger partial charge in [0.15, 0.2) is 5.76 Å². The zero-order chi connectivity index (χ0) is 13.0. The molecular formula is C12H16N2O4. The number of carbonyl (C=O) groups is 2. The van der Waals surface area contributed by atoms with Gasteiger partial charge in [-0.3, -0.25) is 9.59 Å². The highest BCUT2D eigenvalue weighted by molar-refractivity contribution is 5.85. The Balaban J connectivity index is 1.88. The molecule has 2 rings (SSSR count). The Kier molecular flexibility index (Phi) is 3.64. The summed E-state index contributed by atoms with van der Waals surface area (Å²) < 4.78 is 4.85. The van der Waals surface area contributed by atoms with Gasteiger partial charge < -0.3 is 14.9 Å². The number of aromatic nitrogens is 1. The number of hydrogen-bond acceptors (Lipinski definition) is 4. The quantitative estimate of drug-likeness (QED) is 0.824. The molecule has 1 aliphatic carbocycles. The molecule has 98 valence electrons. The Labute approximate surface area is 104 Å². The summed E-state index contributed by atoms with van der Waals surface area (Å²) in [4.78, 5) is 23.1. The molecule has 0 aromatic carbocycles. The van der Waals surface area contributed by atoms with E-state index >= 15 is 0 Å². The normalized spacial score (nSPS) is 17.6. The zero-order valence-electron chi connectivity index (χ0n) is 10.0. The van der Waals surface area contributed by atoms with Crippen LogP contribution in [0, 0.1) is 5.41 Å². The van der Waals surface area contributed by atoms with Crippen LogP contribution in [0.15, 0.2) is 16.8 Å². The van der Waals surface area contributed by atoms with E-state index < -0.39 is 11.4 Å². The second-order valence-electron chi connectivity index (χ2n) is 4.72. The van der Waals surface area contributed by atoms with Crippen molar-refractivity contribution in [2.24, 2.45) is 5.41 Å². The lowest BCUT2D eigenvalue weighted by Crippen LogP contribution is -2.35. The van der Waals surface area contributed by atoms with Crippen LogP contribution in [0.25, 0.3) is 0 Å². The lowest BCUT2D eigenvalue weighted by molar-refractivity contribution is -0.151. The summed E-state index contributed by atoms with van der Waals surface area (Å²) in [5, 5.41) is 15.4. The maximum absolute atomic E-state index is 11.8. The van der Waals surface area contributed by atoms with Crippen LogP contribution in [0.4, 0.5) is 0 Å². The van der Waals surface area contributed by atoms with Gasteiger partial charge >= 0.3 is 5.97 Å². The van der Waals surface area contributed by atoms with E-state index in [9.17, 15) is 14.7 Å². The first-order valence-electron chi connectivity index (χ1n) is 6.02. The molecule has 1 amide bonds. The Morgan fingerprint density at radius 2 is 2.17 bits per heavy atom. The molecule has 1 fully saturated rings. The zero-order valence-corrected chi connectivity index (χ0v) is 10.0. The Hall–Kier alpha value is -1.85. The van der Waals surface area contributed by atoms with Gasteiger partial charge in [0.2, 0.25) is 5.91 Å². The van der Waals surface area contributed by atoms with Gasteiger partial charge in [-0.15, -0.1) is 0 Å². The topological polar surface area (TPSA) is 92.4 Å². The SMILES string of the molecule is O=C(CC1(C(=O)O)CCCC1)NCc1ccno1. The molecule has 2 N–H and O–H groups in total. The van der Waals surface area contributed by atoms with E-state index in [-0.39, 0.29) is 18.9 Å². The molecule has 1 heterocycles. The molecule has 0 unspecified atom stereocenters. The van der Waals surface area contributed by atoms with E-state index in [1.54, 1.807) is 6.07 Å². The number of carboxylic acids is 1. The summed E-state index contributed by atoms with van der Waals surface area (Å²) in [5.41, 5.74) is -0.870. The summed E-state index contributed by atoms with van der Waals surface area (Å²) in [7, 11) is 0. The summed E-state index contributed by atoms with van der Waals surface area (Å²) in [6.45, 7) is 0.245. The van der Waals surface area contributed by atoms with Crippen LogP contribution in [-0.2, 0) is 16.1 Å². The highest BCUT2D eigenvalue weighted by atomic mass is 16.5. The number of amides is 1. The fourth-order valence-electron chi connectivity index (χ4n) is 2.41. The molecule has 1 aromatic rings. The van der Waals surface area contributed by atoms with E-state index in [1.807, 2.05) is 0 Å². The predicted molar refractivity (Wildman–Crippen MR) is 61.5 cm³/mol. The van der Waals surface area contributed by atoms with E-state index in [2.05, 4.69) is 10.5 Å². The number of carboxylic acid groups (broad SMARTS) is 1. The molecular weight excluding hydrogens is 236 g/mol. The van der Waals surface area contributed by atoms with Crippen molar-refractivity contribution in [1.29, 1.82) is 0 Å². The Morgan fingerprint density at radius 3 is 2.72 bits per heavy atom. The Morgan fingerprint density at radius 1 is 1.44 bits per heavy atom. The molecule has 0 bridgehead atoms. The second kappa shape index (κ2) is 5.20. The van der Waals surface area contributed by atoms with E-state index in [1.165, 1.54) is 6.20 Å². The summed E-state index contributed by atoms with van der Waals surface area (Å²) >= 11 is 0. The number of rotatable bonds is 5. The first-order valence-corrected chi connectivity index (χ1v) is 6.02. The third-order valence-corrected chi connectivity index (χ3v) is 3.46. The Bertz CT molecular complexity index is 421. The summed E-state index contributed by atoms with van der Waals surface area (Å²) in [6, 6.07) is 1.66. The molecule has 0 saturated heterocycles. The first kappa shape index (κ1) is 12.6. The fraction of sp³-hybridized carbons (Fsp3) is 0.583.